The molecule has 0 heterocycles. The van der Waals surface area contributed by atoms with Crippen molar-refractivity contribution in [2.45, 2.75) is 38.2 Å². The van der Waals surface area contributed by atoms with Crippen LogP contribution in [0.2, 0.25) is 10.0 Å². The van der Waals surface area contributed by atoms with Gasteiger partial charge in [0.05, 0.1) is 20.6 Å². The molecule has 0 radical (unpaired) electrons. The fraction of sp³-hybridized carbons (Fsp3) is 0.571. The average Bonchev–Trinajstić information content (AvgIpc) is 2.39. The number of nitro benzene ring substituents is 1. The molecular formula is C14H18Cl2N2O3. The lowest BCUT2D eigenvalue weighted by Crippen LogP contribution is -2.41. The van der Waals surface area contributed by atoms with E-state index >= 15 is 0 Å². The highest BCUT2D eigenvalue weighted by Crippen LogP contribution is 2.36. The monoisotopic (exact) mass is 332 g/mol. The number of hydrogen-bond acceptors (Lipinski definition) is 4. The fourth-order valence-corrected chi connectivity index (χ4v) is 3.20. The zero-order chi connectivity index (χ0) is 15.6. The van der Waals surface area contributed by atoms with Crippen molar-refractivity contribution in [2.24, 2.45) is 5.92 Å². The van der Waals surface area contributed by atoms with Crippen molar-refractivity contribution in [2.75, 3.05) is 11.9 Å². The Morgan fingerprint density at radius 1 is 1.48 bits per heavy atom. The van der Waals surface area contributed by atoms with E-state index in [0.717, 1.165) is 12.8 Å². The van der Waals surface area contributed by atoms with E-state index in [1.807, 2.05) is 0 Å². The maximum Gasteiger partial charge on any atom is 0.293 e. The van der Waals surface area contributed by atoms with Gasteiger partial charge in [-0.05, 0) is 24.8 Å². The first-order valence-corrected chi connectivity index (χ1v) is 7.66. The molecule has 116 valence electrons. The molecule has 7 heteroatoms. The van der Waals surface area contributed by atoms with Crippen molar-refractivity contribution >= 4 is 34.6 Å². The SMILES string of the molecule is CC1CCCC(O)(CNc2cc(Cl)c(Cl)cc2[N+](=O)[O-])C1. The first-order chi connectivity index (χ1) is 9.81. The average molecular weight is 333 g/mol. The number of nitro groups is 1. The highest BCUT2D eigenvalue weighted by atomic mass is 35.5. The van der Waals surface area contributed by atoms with Crippen LogP contribution >= 0.6 is 23.2 Å². The summed E-state index contributed by atoms with van der Waals surface area (Å²) in [6.07, 6.45) is 3.45. The van der Waals surface area contributed by atoms with Crippen molar-refractivity contribution in [1.29, 1.82) is 0 Å². The van der Waals surface area contributed by atoms with Gasteiger partial charge in [-0.3, -0.25) is 10.1 Å². The number of halogens is 2. The summed E-state index contributed by atoms with van der Waals surface area (Å²) >= 11 is 11.7. The predicted octanol–water partition coefficient (Wildman–Crippen LogP) is 4.25. The largest absolute Gasteiger partial charge is 0.388 e. The fourth-order valence-electron chi connectivity index (χ4n) is 2.88. The summed E-state index contributed by atoms with van der Waals surface area (Å²) in [6.45, 7) is 2.36. The Morgan fingerprint density at radius 3 is 2.76 bits per heavy atom. The van der Waals surface area contributed by atoms with Gasteiger partial charge in [0.1, 0.15) is 5.69 Å². The lowest BCUT2D eigenvalue weighted by molar-refractivity contribution is -0.384. The van der Waals surface area contributed by atoms with Crippen molar-refractivity contribution in [3.63, 3.8) is 0 Å². The number of nitrogens with zero attached hydrogens (tertiary/aromatic N) is 1. The quantitative estimate of drug-likeness (QED) is 0.638. The van der Waals surface area contributed by atoms with E-state index < -0.39 is 10.5 Å². The molecule has 0 saturated heterocycles. The van der Waals surface area contributed by atoms with Crippen LogP contribution in [0.15, 0.2) is 12.1 Å². The predicted molar refractivity (Wildman–Crippen MR) is 84.2 cm³/mol. The van der Waals surface area contributed by atoms with Crippen LogP contribution in [0.25, 0.3) is 0 Å². The van der Waals surface area contributed by atoms with Gasteiger partial charge in [-0.1, -0.05) is 43.0 Å². The number of aliphatic hydroxyl groups is 1. The van der Waals surface area contributed by atoms with Gasteiger partial charge in [0.2, 0.25) is 0 Å². The number of anilines is 1. The van der Waals surface area contributed by atoms with Crippen molar-refractivity contribution in [3.8, 4) is 0 Å². The zero-order valence-corrected chi connectivity index (χ0v) is 13.2. The van der Waals surface area contributed by atoms with Crippen LogP contribution in [0, 0.1) is 16.0 Å². The summed E-state index contributed by atoms with van der Waals surface area (Å²) in [5.41, 5.74) is -0.699. The molecule has 0 amide bonds. The number of hydrogen-bond donors (Lipinski definition) is 2. The van der Waals surface area contributed by atoms with Crippen molar-refractivity contribution in [3.05, 3.63) is 32.3 Å². The molecule has 1 aromatic rings. The van der Waals surface area contributed by atoms with Gasteiger partial charge >= 0.3 is 0 Å². The molecule has 1 saturated carbocycles. The highest BCUT2D eigenvalue weighted by Gasteiger charge is 2.33. The van der Waals surface area contributed by atoms with Gasteiger partial charge in [-0.2, -0.15) is 0 Å². The molecule has 0 aliphatic heterocycles. The lowest BCUT2D eigenvalue weighted by atomic mass is 9.79. The summed E-state index contributed by atoms with van der Waals surface area (Å²) in [4.78, 5) is 10.6. The maximum absolute atomic E-state index is 11.1. The molecule has 0 spiro atoms. The molecule has 0 aromatic heterocycles. The van der Waals surface area contributed by atoms with Gasteiger partial charge in [0, 0.05) is 12.6 Å². The molecule has 1 aliphatic carbocycles. The molecule has 2 atom stereocenters. The Labute approximate surface area is 133 Å². The van der Waals surface area contributed by atoms with Gasteiger partial charge in [0.15, 0.2) is 0 Å². The number of rotatable bonds is 4. The Bertz CT molecular complexity index is 553. The van der Waals surface area contributed by atoms with E-state index in [1.165, 1.54) is 12.1 Å². The van der Waals surface area contributed by atoms with Crippen LogP contribution in [0.4, 0.5) is 11.4 Å². The van der Waals surface area contributed by atoms with E-state index in [2.05, 4.69) is 12.2 Å². The summed E-state index contributed by atoms with van der Waals surface area (Å²) in [5, 5.41) is 25.0. The molecule has 5 nitrogen and oxygen atoms in total. The van der Waals surface area contributed by atoms with Crippen molar-refractivity contribution in [1.82, 2.24) is 0 Å². The van der Waals surface area contributed by atoms with E-state index in [9.17, 15) is 15.2 Å². The van der Waals surface area contributed by atoms with Gasteiger partial charge in [-0.25, -0.2) is 0 Å². The zero-order valence-electron chi connectivity index (χ0n) is 11.7. The van der Waals surface area contributed by atoms with Crippen LogP contribution in [0.1, 0.15) is 32.6 Å². The third kappa shape index (κ3) is 3.99. The summed E-state index contributed by atoms with van der Waals surface area (Å²) in [6, 6.07) is 2.65. The number of nitrogens with one attached hydrogen (secondary N) is 1. The lowest BCUT2D eigenvalue weighted by Gasteiger charge is -2.35. The second-order valence-electron chi connectivity index (χ2n) is 5.82. The minimum Gasteiger partial charge on any atom is -0.388 e. The first-order valence-electron chi connectivity index (χ1n) is 6.90. The highest BCUT2D eigenvalue weighted by molar-refractivity contribution is 6.42. The maximum atomic E-state index is 11.1. The molecule has 1 fully saturated rings. The molecule has 21 heavy (non-hydrogen) atoms. The standard InChI is InChI=1S/C14H18Cl2N2O3/c1-9-3-2-4-14(19,7-9)8-17-12-5-10(15)11(16)6-13(12)18(20)21/h5-6,9,17,19H,2-4,7-8H2,1H3. The smallest absolute Gasteiger partial charge is 0.293 e. The second kappa shape index (κ2) is 6.38. The normalized spacial score (nSPS) is 25.6. The minimum absolute atomic E-state index is 0.138. The van der Waals surface area contributed by atoms with E-state index in [4.69, 9.17) is 23.2 Å². The molecular weight excluding hydrogens is 315 g/mol. The van der Waals surface area contributed by atoms with E-state index in [-0.39, 0.29) is 28.0 Å². The van der Waals surface area contributed by atoms with Crippen LogP contribution in [-0.4, -0.2) is 22.2 Å². The van der Waals surface area contributed by atoms with E-state index in [0.29, 0.717) is 18.8 Å². The Hall–Kier alpha value is -1.04. The van der Waals surface area contributed by atoms with Gasteiger partial charge in [-0.15, -0.1) is 0 Å². The van der Waals surface area contributed by atoms with Crippen LogP contribution < -0.4 is 5.32 Å². The van der Waals surface area contributed by atoms with Crippen LogP contribution in [-0.2, 0) is 0 Å². The van der Waals surface area contributed by atoms with Crippen molar-refractivity contribution < 1.29 is 10.0 Å². The third-order valence-corrected chi connectivity index (χ3v) is 4.63. The van der Waals surface area contributed by atoms with Crippen LogP contribution in [0.3, 0.4) is 0 Å². The molecule has 2 rings (SSSR count). The summed E-state index contributed by atoms with van der Waals surface area (Å²) in [7, 11) is 0. The molecule has 0 bridgehead atoms. The Kier molecular flexibility index (Phi) is 4.96. The molecule has 2 N–H and O–H groups in total. The topological polar surface area (TPSA) is 75.4 Å². The number of benzene rings is 1. The molecule has 2 unspecified atom stereocenters. The Balaban J connectivity index is 2.16. The third-order valence-electron chi connectivity index (χ3n) is 3.91. The molecule has 1 aromatic carbocycles. The minimum atomic E-state index is -0.836. The Morgan fingerprint density at radius 2 is 2.14 bits per heavy atom. The molecule has 1 aliphatic rings. The summed E-state index contributed by atoms with van der Waals surface area (Å²) < 4.78 is 0. The van der Waals surface area contributed by atoms with Gasteiger partial charge in [0.25, 0.3) is 5.69 Å². The summed E-state index contributed by atoms with van der Waals surface area (Å²) in [5.74, 6) is 0.453. The van der Waals surface area contributed by atoms with Crippen LogP contribution in [0.5, 0.6) is 0 Å². The second-order valence-corrected chi connectivity index (χ2v) is 6.63. The van der Waals surface area contributed by atoms with Gasteiger partial charge < -0.3 is 10.4 Å². The first kappa shape index (κ1) is 16.3. The van der Waals surface area contributed by atoms with E-state index in [1.54, 1.807) is 0 Å².